The highest BCUT2D eigenvalue weighted by Gasteiger charge is 2.11. The summed E-state index contributed by atoms with van der Waals surface area (Å²) in [5, 5.41) is 8.93. The summed E-state index contributed by atoms with van der Waals surface area (Å²) in [5.41, 5.74) is 4.81. The maximum Gasteiger partial charge on any atom is 0.0663 e. The van der Waals surface area contributed by atoms with Gasteiger partial charge in [-0.1, -0.05) is 37.6 Å². The topological polar surface area (TPSA) is 29.9 Å². The van der Waals surface area contributed by atoms with Gasteiger partial charge in [-0.2, -0.15) is 5.10 Å². The Kier molecular flexibility index (Phi) is 5.43. The van der Waals surface area contributed by atoms with Gasteiger partial charge in [0.1, 0.15) is 0 Å². The van der Waals surface area contributed by atoms with E-state index in [9.17, 15) is 0 Å². The van der Waals surface area contributed by atoms with Crippen LogP contribution >= 0.6 is 11.6 Å². The summed E-state index contributed by atoms with van der Waals surface area (Å²) in [5.74, 6) is 0.659. The molecule has 3 nitrogen and oxygen atoms in total. The van der Waals surface area contributed by atoms with E-state index in [1.807, 2.05) is 18.2 Å². The molecule has 0 aliphatic heterocycles. The summed E-state index contributed by atoms with van der Waals surface area (Å²) in [6, 6.07) is 7.95. The quantitative estimate of drug-likeness (QED) is 0.876. The number of hydrogen-bond acceptors (Lipinski definition) is 2. The predicted octanol–water partition coefficient (Wildman–Crippen LogP) is 3.95. The van der Waals surface area contributed by atoms with Crippen LogP contribution < -0.4 is 5.32 Å². The largest absolute Gasteiger partial charge is 0.312 e. The summed E-state index contributed by atoms with van der Waals surface area (Å²) in [7, 11) is 0. The normalized spacial score (nSPS) is 11.3. The zero-order chi connectivity index (χ0) is 15.4. The first-order valence-corrected chi connectivity index (χ1v) is 7.83. The van der Waals surface area contributed by atoms with Gasteiger partial charge >= 0.3 is 0 Å². The van der Waals surface area contributed by atoms with Crippen molar-refractivity contribution < 1.29 is 0 Å². The van der Waals surface area contributed by atoms with Crippen molar-refractivity contribution in [3.05, 3.63) is 51.8 Å². The summed E-state index contributed by atoms with van der Waals surface area (Å²) < 4.78 is 2.06. The minimum Gasteiger partial charge on any atom is -0.312 e. The molecule has 0 bridgehead atoms. The van der Waals surface area contributed by atoms with Crippen molar-refractivity contribution in [2.75, 3.05) is 6.54 Å². The van der Waals surface area contributed by atoms with Crippen LogP contribution in [0, 0.1) is 19.8 Å². The van der Waals surface area contributed by atoms with Crippen LogP contribution in [0.5, 0.6) is 0 Å². The molecule has 2 aromatic rings. The van der Waals surface area contributed by atoms with E-state index < -0.39 is 0 Å². The lowest BCUT2D eigenvalue weighted by Crippen LogP contribution is -2.19. The van der Waals surface area contributed by atoms with E-state index in [-0.39, 0.29) is 0 Å². The first-order chi connectivity index (χ1) is 9.97. The van der Waals surface area contributed by atoms with Crippen molar-refractivity contribution in [1.82, 2.24) is 15.1 Å². The van der Waals surface area contributed by atoms with E-state index in [2.05, 4.69) is 48.9 Å². The molecule has 2 rings (SSSR count). The Balaban J connectivity index is 2.11. The molecule has 0 saturated heterocycles. The van der Waals surface area contributed by atoms with Crippen LogP contribution in [0.15, 0.2) is 24.3 Å². The molecule has 0 radical (unpaired) electrons. The van der Waals surface area contributed by atoms with Crippen molar-refractivity contribution in [1.29, 1.82) is 0 Å². The molecule has 0 aliphatic rings. The van der Waals surface area contributed by atoms with Crippen molar-refractivity contribution in [3.63, 3.8) is 0 Å². The number of nitrogens with one attached hydrogen (secondary N) is 1. The van der Waals surface area contributed by atoms with Crippen LogP contribution in [-0.2, 0) is 13.1 Å². The lowest BCUT2D eigenvalue weighted by molar-refractivity contribution is 0.550. The van der Waals surface area contributed by atoms with Crippen LogP contribution in [-0.4, -0.2) is 16.3 Å². The molecule has 0 saturated carbocycles. The van der Waals surface area contributed by atoms with E-state index in [0.29, 0.717) is 5.92 Å². The van der Waals surface area contributed by atoms with Gasteiger partial charge in [0, 0.05) is 22.8 Å². The molecule has 114 valence electrons. The molecule has 1 aromatic heterocycles. The fourth-order valence-corrected chi connectivity index (χ4v) is 2.65. The van der Waals surface area contributed by atoms with E-state index in [0.717, 1.165) is 30.4 Å². The van der Waals surface area contributed by atoms with Gasteiger partial charge in [0.15, 0.2) is 0 Å². The molecule has 1 aromatic carbocycles. The maximum absolute atomic E-state index is 6.05. The van der Waals surface area contributed by atoms with Gasteiger partial charge in [0.05, 0.1) is 12.2 Å². The van der Waals surface area contributed by atoms with Crippen molar-refractivity contribution in [3.8, 4) is 0 Å². The predicted molar refractivity (Wildman–Crippen MR) is 88.8 cm³/mol. The van der Waals surface area contributed by atoms with Gasteiger partial charge in [-0.25, -0.2) is 0 Å². The SMILES string of the molecule is Cc1nn(Cc2cccc(Cl)c2)c(C)c1CNCC(C)C. The molecule has 0 amide bonds. The smallest absolute Gasteiger partial charge is 0.0663 e. The molecule has 1 heterocycles. The summed E-state index contributed by atoms with van der Waals surface area (Å²) in [6.45, 7) is 11.3. The monoisotopic (exact) mass is 305 g/mol. The summed E-state index contributed by atoms with van der Waals surface area (Å²) >= 11 is 6.05. The third-order valence-electron chi connectivity index (χ3n) is 3.61. The van der Waals surface area contributed by atoms with Crippen LogP contribution in [0.25, 0.3) is 0 Å². The highest BCUT2D eigenvalue weighted by Crippen LogP contribution is 2.16. The highest BCUT2D eigenvalue weighted by molar-refractivity contribution is 6.30. The first-order valence-electron chi connectivity index (χ1n) is 7.45. The van der Waals surface area contributed by atoms with Crippen molar-refractivity contribution >= 4 is 11.6 Å². The molecule has 0 aliphatic carbocycles. The Morgan fingerprint density at radius 1 is 1.29 bits per heavy atom. The van der Waals surface area contributed by atoms with Crippen LogP contribution in [0.1, 0.15) is 36.4 Å². The number of rotatable bonds is 6. The lowest BCUT2D eigenvalue weighted by atomic mass is 10.1. The molecule has 0 spiro atoms. The van der Waals surface area contributed by atoms with Crippen molar-refractivity contribution in [2.45, 2.75) is 40.8 Å². The molecule has 0 atom stereocenters. The molecule has 1 N–H and O–H groups in total. The van der Waals surface area contributed by atoms with Gasteiger partial charge < -0.3 is 5.32 Å². The van der Waals surface area contributed by atoms with Crippen LogP contribution in [0.4, 0.5) is 0 Å². The average molecular weight is 306 g/mol. The fourth-order valence-electron chi connectivity index (χ4n) is 2.44. The van der Waals surface area contributed by atoms with Gasteiger partial charge in [-0.15, -0.1) is 0 Å². The second-order valence-electron chi connectivity index (χ2n) is 5.96. The molecule has 21 heavy (non-hydrogen) atoms. The molecule has 4 heteroatoms. The maximum atomic E-state index is 6.05. The van der Waals surface area contributed by atoms with E-state index in [4.69, 9.17) is 11.6 Å². The Morgan fingerprint density at radius 3 is 2.71 bits per heavy atom. The number of aromatic nitrogens is 2. The molecule has 0 fully saturated rings. The minimum absolute atomic E-state index is 0.659. The Bertz CT molecular complexity index is 602. The number of aryl methyl sites for hydroxylation is 1. The van der Waals surface area contributed by atoms with Crippen LogP contribution in [0.3, 0.4) is 0 Å². The van der Waals surface area contributed by atoms with Gasteiger partial charge in [0.25, 0.3) is 0 Å². The second-order valence-corrected chi connectivity index (χ2v) is 6.40. The zero-order valence-corrected chi connectivity index (χ0v) is 14.0. The Labute approximate surface area is 132 Å². The van der Waals surface area contributed by atoms with Gasteiger partial charge in [0.2, 0.25) is 0 Å². The lowest BCUT2D eigenvalue weighted by Gasteiger charge is -2.09. The second kappa shape index (κ2) is 7.10. The molecular weight excluding hydrogens is 282 g/mol. The number of nitrogens with zero attached hydrogens (tertiary/aromatic N) is 2. The summed E-state index contributed by atoms with van der Waals surface area (Å²) in [4.78, 5) is 0. The first kappa shape index (κ1) is 16.1. The molecule has 0 unspecified atom stereocenters. The third-order valence-corrected chi connectivity index (χ3v) is 3.84. The highest BCUT2D eigenvalue weighted by atomic mass is 35.5. The standard InChI is InChI=1S/C17H24ClN3/c1-12(2)9-19-10-17-13(3)20-21(14(17)4)11-15-6-5-7-16(18)8-15/h5-8,12,19H,9-11H2,1-4H3. The van der Waals surface area contributed by atoms with E-state index in [1.165, 1.54) is 16.8 Å². The van der Waals surface area contributed by atoms with Crippen LogP contribution in [0.2, 0.25) is 5.02 Å². The van der Waals surface area contributed by atoms with Gasteiger partial charge in [-0.05, 0) is 44.0 Å². The fraction of sp³-hybridized carbons (Fsp3) is 0.471. The Morgan fingerprint density at radius 2 is 2.05 bits per heavy atom. The molecular formula is C17H24ClN3. The Hall–Kier alpha value is -1.32. The minimum atomic E-state index is 0.659. The van der Waals surface area contributed by atoms with Gasteiger partial charge in [-0.3, -0.25) is 4.68 Å². The summed E-state index contributed by atoms with van der Waals surface area (Å²) in [6.07, 6.45) is 0. The van der Waals surface area contributed by atoms with E-state index in [1.54, 1.807) is 0 Å². The number of benzene rings is 1. The average Bonchev–Trinajstić information content (AvgIpc) is 2.66. The zero-order valence-electron chi connectivity index (χ0n) is 13.3. The van der Waals surface area contributed by atoms with Crippen molar-refractivity contribution in [2.24, 2.45) is 5.92 Å². The number of hydrogen-bond donors (Lipinski definition) is 1. The van der Waals surface area contributed by atoms with E-state index >= 15 is 0 Å². The third kappa shape index (κ3) is 4.32. The number of halogens is 1.